The fraction of sp³-hybridized carbons (Fsp3) is 0.238. The van der Waals surface area contributed by atoms with Crippen LogP contribution in [0.2, 0.25) is 0 Å². The molecule has 140 valence electrons. The second kappa shape index (κ2) is 7.53. The Balaban J connectivity index is 1.82. The molecule has 3 rings (SSSR count). The van der Waals surface area contributed by atoms with E-state index in [2.05, 4.69) is 10.3 Å². The van der Waals surface area contributed by atoms with E-state index in [9.17, 15) is 9.59 Å². The van der Waals surface area contributed by atoms with Gasteiger partial charge in [-0.25, -0.2) is 0 Å². The first kappa shape index (κ1) is 18.5. The number of benzene rings is 2. The highest BCUT2D eigenvalue weighted by Crippen LogP contribution is 2.27. The molecule has 0 bridgehead atoms. The highest BCUT2D eigenvalue weighted by molar-refractivity contribution is 5.95. The molecule has 0 radical (unpaired) electrons. The average Bonchev–Trinajstić information content (AvgIpc) is 2.69. The van der Waals surface area contributed by atoms with E-state index in [1.54, 1.807) is 18.2 Å². The molecule has 27 heavy (non-hydrogen) atoms. The number of hydrogen-bond donors (Lipinski definition) is 2. The van der Waals surface area contributed by atoms with Gasteiger partial charge in [0, 0.05) is 17.7 Å². The van der Waals surface area contributed by atoms with Gasteiger partial charge >= 0.3 is 0 Å². The number of aromatic amines is 1. The van der Waals surface area contributed by atoms with E-state index in [-0.39, 0.29) is 18.0 Å². The van der Waals surface area contributed by atoms with Gasteiger partial charge in [0.1, 0.15) is 0 Å². The summed E-state index contributed by atoms with van der Waals surface area (Å²) in [6.45, 7) is 4.11. The third-order valence-corrected chi connectivity index (χ3v) is 4.71. The van der Waals surface area contributed by atoms with Gasteiger partial charge in [-0.15, -0.1) is 0 Å². The van der Waals surface area contributed by atoms with E-state index in [0.29, 0.717) is 22.6 Å². The Bertz CT molecular complexity index is 1070. The Labute approximate surface area is 157 Å². The van der Waals surface area contributed by atoms with Crippen molar-refractivity contribution in [3.8, 4) is 11.5 Å². The molecule has 6 nitrogen and oxygen atoms in total. The number of H-pyrrole nitrogens is 1. The number of aromatic nitrogens is 1. The normalized spacial score (nSPS) is 10.7. The number of ether oxygens (including phenoxy) is 2. The molecule has 1 aromatic heterocycles. The highest BCUT2D eigenvalue weighted by Gasteiger charge is 2.12. The minimum Gasteiger partial charge on any atom is -0.493 e. The van der Waals surface area contributed by atoms with Crippen LogP contribution in [0.15, 0.2) is 41.2 Å². The van der Waals surface area contributed by atoms with Gasteiger partial charge in [-0.3, -0.25) is 9.59 Å². The van der Waals surface area contributed by atoms with E-state index < -0.39 is 0 Å². The molecule has 1 amide bonds. The summed E-state index contributed by atoms with van der Waals surface area (Å²) in [4.78, 5) is 27.7. The molecule has 0 saturated heterocycles. The number of rotatable bonds is 5. The van der Waals surface area contributed by atoms with Crippen LogP contribution in [-0.4, -0.2) is 25.1 Å². The molecule has 0 aliphatic carbocycles. The SMILES string of the molecule is COc1ccc(C(=O)NCc2cc3ccc(C)c(C)c3[nH]c2=O)cc1OC. The van der Waals surface area contributed by atoms with Crippen LogP contribution in [-0.2, 0) is 6.54 Å². The maximum absolute atomic E-state index is 12.4. The van der Waals surface area contributed by atoms with E-state index in [1.807, 2.05) is 32.0 Å². The number of fused-ring (bicyclic) bond motifs is 1. The first-order valence-electron chi connectivity index (χ1n) is 8.57. The minimum absolute atomic E-state index is 0.130. The van der Waals surface area contributed by atoms with Gasteiger partial charge in [0.15, 0.2) is 11.5 Å². The topological polar surface area (TPSA) is 80.4 Å². The smallest absolute Gasteiger partial charge is 0.253 e. The van der Waals surface area contributed by atoms with Crippen molar-refractivity contribution in [2.45, 2.75) is 20.4 Å². The summed E-state index contributed by atoms with van der Waals surface area (Å²) in [5, 5.41) is 3.72. The van der Waals surface area contributed by atoms with Gasteiger partial charge in [0.2, 0.25) is 0 Å². The summed E-state index contributed by atoms with van der Waals surface area (Å²) in [6, 6.07) is 10.7. The van der Waals surface area contributed by atoms with Crippen LogP contribution in [0, 0.1) is 13.8 Å². The zero-order valence-electron chi connectivity index (χ0n) is 15.8. The van der Waals surface area contributed by atoms with Crippen LogP contribution < -0.4 is 20.3 Å². The second-order valence-electron chi connectivity index (χ2n) is 6.35. The fourth-order valence-corrected chi connectivity index (χ4v) is 2.96. The van der Waals surface area contributed by atoms with Crippen molar-refractivity contribution in [1.29, 1.82) is 0 Å². The van der Waals surface area contributed by atoms with Crippen LogP contribution in [0.25, 0.3) is 10.9 Å². The lowest BCUT2D eigenvalue weighted by molar-refractivity contribution is 0.0950. The Morgan fingerprint density at radius 1 is 1.04 bits per heavy atom. The summed E-state index contributed by atoms with van der Waals surface area (Å²) < 4.78 is 10.4. The maximum Gasteiger partial charge on any atom is 0.253 e. The zero-order valence-corrected chi connectivity index (χ0v) is 15.8. The zero-order chi connectivity index (χ0) is 19.6. The summed E-state index contributed by atoms with van der Waals surface area (Å²) in [7, 11) is 3.05. The highest BCUT2D eigenvalue weighted by atomic mass is 16.5. The number of methoxy groups -OCH3 is 2. The number of nitrogens with one attached hydrogen (secondary N) is 2. The van der Waals surface area contributed by atoms with Gasteiger partial charge in [0.25, 0.3) is 11.5 Å². The number of pyridine rings is 1. The lowest BCUT2D eigenvalue weighted by Crippen LogP contribution is -2.26. The number of hydrogen-bond acceptors (Lipinski definition) is 4. The van der Waals surface area contributed by atoms with Crippen LogP contribution in [0.4, 0.5) is 0 Å². The summed E-state index contributed by atoms with van der Waals surface area (Å²) >= 11 is 0. The Hall–Kier alpha value is -3.28. The Morgan fingerprint density at radius 3 is 2.48 bits per heavy atom. The summed E-state index contributed by atoms with van der Waals surface area (Å²) in [5.41, 5.74) is 3.72. The molecule has 0 unspecified atom stereocenters. The molecule has 0 aliphatic rings. The molecule has 2 aromatic carbocycles. The van der Waals surface area contributed by atoms with Gasteiger partial charge in [-0.2, -0.15) is 0 Å². The van der Waals surface area contributed by atoms with E-state index in [4.69, 9.17) is 9.47 Å². The van der Waals surface area contributed by atoms with Gasteiger partial charge in [-0.1, -0.05) is 12.1 Å². The lowest BCUT2D eigenvalue weighted by Gasteiger charge is -2.11. The third kappa shape index (κ3) is 3.65. The summed E-state index contributed by atoms with van der Waals surface area (Å²) in [6.07, 6.45) is 0. The Kier molecular flexibility index (Phi) is 5.16. The fourth-order valence-electron chi connectivity index (χ4n) is 2.96. The molecule has 2 N–H and O–H groups in total. The van der Waals surface area contributed by atoms with Crippen LogP contribution >= 0.6 is 0 Å². The van der Waals surface area contributed by atoms with Gasteiger partial charge in [0.05, 0.1) is 19.7 Å². The van der Waals surface area contributed by atoms with E-state index in [1.165, 1.54) is 14.2 Å². The number of carbonyl (C=O) groups excluding carboxylic acids is 1. The van der Waals surface area contributed by atoms with E-state index in [0.717, 1.165) is 22.0 Å². The van der Waals surface area contributed by atoms with Crippen molar-refractivity contribution >= 4 is 16.8 Å². The van der Waals surface area contributed by atoms with E-state index >= 15 is 0 Å². The molecular formula is C21H22N2O4. The first-order chi connectivity index (χ1) is 12.9. The van der Waals surface area contributed by atoms with Crippen molar-refractivity contribution < 1.29 is 14.3 Å². The Morgan fingerprint density at radius 2 is 1.78 bits per heavy atom. The van der Waals surface area contributed by atoms with Crippen LogP contribution in [0.5, 0.6) is 11.5 Å². The largest absolute Gasteiger partial charge is 0.493 e. The minimum atomic E-state index is -0.296. The van der Waals surface area contributed by atoms with Gasteiger partial charge in [-0.05, 0) is 54.6 Å². The lowest BCUT2D eigenvalue weighted by atomic mass is 10.0. The van der Waals surface area contributed by atoms with Crippen molar-refractivity contribution in [1.82, 2.24) is 10.3 Å². The predicted octanol–water partition coefficient (Wildman–Crippen LogP) is 3.09. The molecule has 0 aliphatic heterocycles. The van der Waals surface area contributed by atoms with Crippen LogP contribution in [0.1, 0.15) is 27.0 Å². The standard InChI is InChI=1S/C21H22N2O4/c1-12-5-6-14-9-16(21(25)23-19(14)13(12)2)11-22-20(24)15-7-8-17(26-3)18(10-15)27-4/h5-10H,11H2,1-4H3,(H,22,24)(H,23,25). The molecule has 0 atom stereocenters. The van der Waals surface area contributed by atoms with Crippen molar-refractivity contribution in [3.63, 3.8) is 0 Å². The first-order valence-corrected chi connectivity index (χ1v) is 8.57. The molecule has 0 saturated carbocycles. The number of amides is 1. The molecule has 1 heterocycles. The molecule has 0 spiro atoms. The van der Waals surface area contributed by atoms with Crippen molar-refractivity contribution in [2.75, 3.05) is 14.2 Å². The number of aryl methyl sites for hydroxylation is 2. The molecule has 3 aromatic rings. The molecule has 6 heteroatoms. The predicted molar refractivity (Wildman–Crippen MR) is 105 cm³/mol. The maximum atomic E-state index is 12.4. The van der Waals surface area contributed by atoms with Crippen molar-refractivity contribution in [3.05, 3.63) is 69.0 Å². The third-order valence-electron chi connectivity index (χ3n) is 4.71. The average molecular weight is 366 g/mol. The van der Waals surface area contributed by atoms with Crippen molar-refractivity contribution in [2.24, 2.45) is 0 Å². The quantitative estimate of drug-likeness (QED) is 0.727. The molecule has 0 fully saturated rings. The van der Waals surface area contributed by atoms with Gasteiger partial charge < -0.3 is 19.8 Å². The number of carbonyl (C=O) groups is 1. The molecular weight excluding hydrogens is 344 g/mol. The van der Waals surface area contributed by atoms with Crippen LogP contribution in [0.3, 0.4) is 0 Å². The second-order valence-corrected chi connectivity index (χ2v) is 6.35. The summed E-state index contributed by atoms with van der Waals surface area (Å²) in [5.74, 6) is 0.723. The monoisotopic (exact) mass is 366 g/mol.